The highest BCUT2D eigenvalue weighted by molar-refractivity contribution is 6.30. The summed E-state index contributed by atoms with van der Waals surface area (Å²) in [7, 11) is 0. The minimum atomic E-state index is -0.689. The first-order chi connectivity index (χ1) is 8.67. The second kappa shape index (κ2) is 4.82. The van der Waals surface area contributed by atoms with E-state index in [9.17, 15) is 5.11 Å². The van der Waals surface area contributed by atoms with Crippen molar-refractivity contribution in [2.24, 2.45) is 0 Å². The molecule has 1 aromatic rings. The lowest BCUT2D eigenvalue weighted by molar-refractivity contribution is -0.101. The lowest BCUT2D eigenvalue weighted by Crippen LogP contribution is -2.54. The van der Waals surface area contributed by atoms with Crippen LogP contribution in [0.5, 0.6) is 0 Å². The van der Waals surface area contributed by atoms with Gasteiger partial charge in [-0.2, -0.15) is 0 Å². The van der Waals surface area contributed by atoms with Crippen LogP contribution in [0.4, 0.5) is 0 Å². The minimum Gasteiger partial charge on any atom is -0.385 e. The summed E-state index contributed by atoms with van der Waals surface area (Å²) in [5, 5.41) is 11.4. The Labute approximate surface area is 112 Å². The molecule has 2 aliphatic rings. The van der Waals surface area contributed by atoms with Gasteiger partial charge in [-0.05, 0) is 30.5 Å². The molecule has 3 nitrogen and oxygen atoms in total. The van der Waals surface area contributed by atoms with Gasteiger partial charge in [0.2, 0.25) is 0 Å². The Hall–Kier alpha value is -0.610. The zero-order valence-corrected chi connectivity index (χ0v) is 11.1. The summed E-state index contributed by atoms with van der Waals surface area (Å²) in [5.41, 5.74) is 0.294. The van der Waals surface area contributed by atoms with Gasteiger partial charge in [0.05, 0.1) is 24.9 Å². The lowest BCUT2D eigenvalue weighted by atomic mass is 9.84. The van der Waals surface area contributed by atoms with Crippen LogP contribution in [0.1, 0.15) is 18.4 Å². The van der Waals surface area contributed by atoms with Crippen LogP contribution in [0.15, 0.2) is 24.3 Å². The first kappa shape index (κ1) is 12.4. The monoisotopic (exact) mass is 267 g/mol. The highest BCUT2D eigenvalue weighted by Gasteiger charge is 2.37. The normalized spacial score (nSPS) is 24.8. The molecule has 1 aromatic carbocycles. The van der Waals surface area contributed by atoms with Gasteiger partial charge in [-0.1, -0.05) is 23.7 Å². The number of hydrogen-bond donors (Lipinski definition) is 1. The van der Waals surface area contributed by atoms with Crippen molar-refractivity contribution in [3.63, 3.8) is 0 Å². The Balaban J connectivity index is 1.67. The SMILES string of the molecule is OC1(c2ccc(Cl)cc2)CCN(C2COC2)CC1. The van der Waals surface area contributed by atoms with Gasteiger partial charge >= 0.3 is 0 Å². The molecule has 0 radical (unpaired) electrons. The van der Waals surface area contributed by atoms with Crippen molar-refractivity contribution in [2.75, 3.05) is 26.3 Å². The molecule has 3 rings (SSSR count). The Kier molecular flexibility index (Phi) is 3.32. The molecule has 98 valence electrons. The third-order valence-electron chi connectivity index (χ3n) is 4.14. The van der Waals surface area contributed by atoms with Crippen molar-refractivity contribution in [3.8, 4) is 0 Å². The molecule has 0 aromatic heterocycles. The average molecular weight is 268 g/mol. The van der Waals surface area contributed by atoms with Crippen LogP contribution < -0.4 is 0 Å². The molecular formula is C14H18ClNO2. The fourth-order valence-corrected chi connectivity index (χ4v) is 2.87. The van der Waals surface area contributed by atoms with E-state index < -0.39 is 5.60 Å². The van der Waals surface area contributed by atoms with Gasteiger partial charge in [-0.15, -0.1) is 0 Å². The number of likely N-dealkylation sites (tertiary alicyclic amines) is 1. The van der Waals surface area contributed by atoms with Crippen LogP contribution in [0.25, 0.3) is 0 Å². The Morgan fingerprint density at radius 3 is 2.28 bits per heavy atom. The van der Waals surface area contributed by atoms with E-state index in [2.05, 4.69) is 4.90 Å². The standard InChI is InChI=1S/C14H18ClNO2/c15-12-3-1-11(2-4-12)14(17)5-7-16(8-6-14)13-9-18-10-13/h1-4,13,17H,5-10H2. The molecule has 0 saturated carbocycles. The average Bonchev–Trinajstić information content (AvgIpc) is 2.31. The Morgan fingerprint density at radius 1 is 1.17 bits per heavy atom. The summed E-state index contributed by atoms with van der Waals surface area (Å²) >= 11 is 5.88. The van der Waals surface area contributed by atoms with Crippen LogP contribution in [-0.2, 0) is 10.3 Å². The number of aliphatic hydroxyl groups is 1. The van der Waals surface area contributed by atoms with E-state index in [0.29, 0.717) is 11.1 Å². The predicted molar refractivity (Wildman–Crippen MR) is 70.8 cm³/mol. The molecule has 2 aliphatic heterocycles. The van der Waals surface area contributed by atoms with E-state index in [1.165, 1.54) is 0 Å². The van der Waals surface area contributed by atoms with Gasteiger partial charge in [0, 0.05) is 18.1 Å². The maximum Gasteiger partial charge on any atom is 0.0920 e. The van der Waals surface area contributed by atoms with E-state index in [0.717, 1.165) is 44.7 Å². The van der Waals surface area contributed by atoms with Crippen LogP contribution in [-0.4, -0.2) is 42.4 Å². The van der Waals surface area contributed by atoms with E-state index in [1.54, 1.807) is 0 Å². The van der Waals surface area contributed by atoms with Crippen LogP contribution in [0.3, 0.4) is 0 Å². The number of benzene rings is 1. The van der Waals surface area contributed by atoms with Gasteiger partial charge in [0.1, 0.15) is 0 Å². The maximum atomic E-state index is 10.7. The molecule has 0 aliphatic carbocycles. The highest BCUT2D eigenvalue weighted by atomic mass is 35.5. The number of hydrogen-bond acceptors (Lipinski definition) is 3. The second-order valence-corrected chi connectivity index (χ2v) is 5.70. The largest absolute Gasteiger partial charge is 0.385 e. The van der Waals surface area contributed by atoms with Crippen LogP contribution >= 0.6 is 11.6 Å². The van der Waals surface area contributed by atoms with E-state index in [1.807, 2.05) is 24.3 Å². The molecule has 2 heterocycles. The number of piperidine rings is 1. The molecule has 2 fully saturated rings. The zero-order valence-electron chi connectivity index (χ0n) is 10.3. The molecule has 18 heavy (non-hydrogen) atoms. The Bertz CT molecular complexity index is 408. The van der Waals surface area contributed by atoms with Crippen LogP contribution in [0.2, 0.25) is 5.02 Å². The molecule has 1 N–H and O–H groups in total. The Morgan fingerprint density at radius 2 is 1.78 bits per heavy atom. The smallest absolute Gasteiger partial charge is 0.0920 e. The lowest BCUT2D eigenvalue weighted by Gasteiger charge is -2.44. The van der Waals surface area contributed by atoms with E-state index in [-0.39, 0.29) is 0 Å². The van der Waals surface area contributed by atoms with E-state index >= 15 is 0 Å². The number of ether oxygens (including phenoxy) is 1. The molecule has 0 unspecified atom stereocenters. The van der Waals surface area contributed by atoms with Crippen molar-refractivity contribution >= 4 is 11.6 Å². The van der Waals surface area contributed by atoms with Crippen molar-refractivity contribution < 1.29 is 9.84 Å². The van der Waals surface area contributed by atoms with Gasteiger partial charge < -0.3 is 9.84 Å². The zero-order chi connectivity index (χ0) is 12.6. The fourth-order valence-electron chi connectivity index (χ4n) is 2.74. The third-order valence-corrected chi connectivity index (χ3v) is 4.40. The maximum absolute atomic E-state index is 10.7. The van der Waals surface area contributed by atoms with Crippen molar-refractivity contribution in [1.29, 1.82) is 0 Å². The predicted octanol–water partition coefficient (Wildman–Crippen LogP) is 2.02. The third kappa shape index (κ3) is 2.28. The van der Waals surface area contributed by atoms with Crippen LogP contribution in [0, 0.1) is 0 Å². The van der Waals surface area contributed by atoms with Gasteiger partial charge in [0.15, 0.2) is 0 Å². The molecule has 0 bridgehead atoms. The molecule has 0 amide bonds. The first-order valence-electron chi connectivity index (χ1n) is 6.48. The van der Waals surface area contributed by atoms with Crippen molar-refractivity contribution in [2.45, 2.75) is 24.5 Å². The highest BCUT2D eigenvalue weighted by Crippen LogP contribution is 2.34. The number of halogens is 1. The molecule has 0 spiro atoms. The summed E-state index contributed by atoms with van der Waals surface area (Å²) in [6.07, 6.45) is 1.57. The topological polar surface area (TPSA) is 32.7 Å². The van der Waals surface area contributed by atoms with Crippen molar-refractivity contribution in [3.05, 3.63) is 34.9 Å². The summed E-state index contributed by atoms with van der Waals surface area (Å²) < 4.78 is 5.22. The van der Waals surface area contributed by atoms with E-state index in [4.69, 9.17) is 16.3 Å². The number of rotatable bonds is 2. The fraction of sp³-hybridized carbons (Fsp3) is 0.571. The van der Waals surface area contributed by atoms with Crippen molar-refractivity contribution in [1.82, 2.24) is 4.90 Å². The number of nitrogens with zero attached hydrogens (tertiary/aromatic N) is 1. The molecule has 0 atom stereocenters. The molecule has 2 saturated heterocycles. The first-order valence-corrected chi connectivity index (χ1v) is 6.85. The van der Waals surface area contributed by atoms with Gasteiger partial charge in [-0.3, -0.25) is 4.90 Å². The second-order valence-electron chi connectivity index (χ2n) is 5.27. The summed E-state index contributed by atoms with van der Waals surface area (Å²) in [6.45, 7) is 3.57. The summed E-state index contributed by atoms with van der Waals surface area (Å²) in [6, 6.07) is 8.14. The van der Waals surface area contributed by atoms with Gasteiger partial charge in [-0.25, -0.2) is 0 Å². The minimum absolute atomic E-state index is 0.569. The van der Waals surface area contributed by atoms with Gasteiger partial charge in [0.25, 0.3) is 0 Å². The molecule has 4 heteroatoms. The quantitative estimate of drug-likeness (QED) is 0.890. The molecular weight excluding hydrogens is 250 g/mol. The summed E-state index contributed by atoms with van der Waals surface area (Å²) in [4.78, 5) is 2.42. The summed E-state index contributed by atoms with van der Waals surface area (Å²) in [5.74, 6) is 0.